The Morgan fingerprint density at radius 2 is 2.29 bits per heavy atom. The summed E-state index contributed by atoms with van der Waals surface area (Å²) in [6.07, 6.45) is 0. The fourth-order valence-electron chi connectivity index (χ4n) is 1.42. The number of nitrogens with zero attached hydrogens (tertiary/aromatic N) is 2. The molecule has 2 aromatic rings. The van der Waals surface area contributed by atoms with Gasteiger partial charge < -0.3 is 5.11 Å². The number of aromatic carboxylic acids is 1. The summed E-state index contributed by atoms with van der Waals surface area (Å²) in [7, 11) is 1.69. The molecule has 0 saturated carbocycles. The smallest absolute Gasteiger partial charge is 0.357 e. The third kappa shape index (κ3) is 1.15. The molecule has 1 aromatic carbocycles. The Balaban J connectivity index is 2.93. The number of carboxylic acid groups (broad SMARTS) is 1. The van der Waals surface area contributed by atoms with Crippen LogP contribution in [0, 0.1) is 0 Å². The standard InChI is InChI=1S/C9H7ClN2O2/c1-12-6-4-2-3-5(10)7(6)8(11-12)9(13)14/h2-4H,1H3,(H,13,14). The molecule has 1 N–H and O–H groups in total. The van der Waals surface area contributed by atoms with Crippen molar-refractivity contribution < 1.29 is 9.90 Å². The van der Waals surface area contributed by atoms with E-state index in [1.165, 1.54) is 4.68 Å². The first kappa shape index (κ1) is 9.02. The van der Waals surface area contributed by atoms with E-state index in [1.807, 2.05) is 0 Å². The van der Waals surface area contributed by atoms with Crippen molar-refractivity contribution in [1.82, 2.24) is 9.78 Å². The quantitative estimate of drug-likeness (QED) is 0.783. The molecule has 5 heteroatoms. The SMILES string of the molecule is Cn1nc(C(=O)O)c2c(Cl)cccc21. The Labute approximate surface area is 84.7 Å². The highest BCUT2D eigenvalue weighted by Gasteiger charge is 2.16. The molecule has 0 spiro atoms. The molecule has 14 heavy (non-hydrogen) atoms. The molecule has 0 unspecified atom stereocenters. The van der Waals surface area contributed by atoms with Crippen LogP contribution in [0.1, 0.15) is 10.5 Å². The number of carboxylic acids is 1. The van der Waals surface area contributed by atoms with Crippen LogP contribution in [0.5, 0.6) is 0 Å². The second-order valence-electron chi connectivity index (χ2n) is 2.91. The molecular formula is C9H7ClN2O2. The van der Waals surface area contributed by atoms with E-state index < -0.39 is 5.97 Å². The van der Waals surface area contributed by atoms with E-state index in [9.17, 15) is 4.79 Å². The normalized spacial score (nSPS) is 10.7. The van der Waals surface area contributed by atoms with E-state index in [-0.39, 0.29) is 5.69 Å². The number of benzene rings is 1. The Morgan fingerprint density at radius 3 is 2.93 bits per heavy atom. The van der Waals surface area contributed by atoms with Gasteiger partial charge >= 0.3 is 5.97 Å². The van der Waals surface area contributed by atoms with Gasteiger partial charge in [0.05, 0.1) is 15.9 Å². The van der Waals surface area contributed by atoms with E-state index in [2.05, 4.69) is 5.10 Å². The summed E-state index contributed by atoms with van der Waals surface area (Å²) in [6.45, 7) is 0. The number of halogens is 1. The van der Waals surface area contributed by atoms with Gasteiger partial charge in [0.1, 0.15) is 0 Å². The number of hydrogen-bond acceptors (Lipinski definition) is 2. The Hall–Kier alpha value is -1.55. The molecular weight excluding hydrogens is 204 g/mol. The Kier molecular flexibility index (Phi) is 1.93. The topological polar surface area (TPSA) is 55.1 Å². The highest BCUT2D eigenvalue weighted by Crippen LogP contribution is 2.25. The van der Waals surface area contributed by atoms with E-state index in [0.717, 1.165) is 5.52 Å². The van der Waals surface area contributed by atoms with E-state index in [1.54, 1.807) is 25.2 Å². The monoisotopic (exact) mass is 210 g/mol. The van der Waals surface area contributed by atoms with Crippen molar-refractivity contribution in [3.63, 3.8) is 0 Å². The third-order valence-electron chi connectivity index (χ3n) is 2.03. The van der Waals surface area contributed by atoms with Crippen molar-refractivity contribution in [3.05, 3.63) is 28.9 Å². The van der Waals surface area contributed by atoms with Crippen molar-refractivity contribution in [2.75, 3.05) is 0 Å². The molecule has 0 aliphatic rings. The molecule has 0 radical (unpaired) electrons. The van der Waals surface area contributed by atoms with Gasteiger partial charge in [-0.3, -0.25) is 4.68 Å². The predicted octanol–water partition coefficient (Wildman–Crippen LogP) is 1.92. The van der Waals surface area contributed by atoms with Crippen LogP contribution >= 0.6 is 11.6 Å². The van der Waals surface area contributed by atoms with Crippen molar-refractivity contribution in [2.45, 2.75) is 0 Å². The van der Waals surface area contributed by atoms with Gasteiger partial charge in [0.25, 0.3) is 0 Å². The molecule has 72 valence electrons. The maximum Gasteiger partial charge on any atom is 0.357 e. The molecule has 0 saturated heterocycles. The maximum absolute atomic E-state index is 10.8. The highest BCUT2D eigenvalue weighted by atomic mass is 35.5. The molecule has 0 atom stereocenters. The molecule has 2 rings (SSSR count). The summed E-state index contributed by atoms with van der Waals surface area (Å²) < 4.78 is 1.50. The zero-order valence-corrected chi connectivity index (χ0v) is 8.12. The molecule has 1 aromatic heterocycles. The van der Waals surface area contributed by atoms with E-state index in [4.69, 9.17) is 16.7 Å². The van der Waals surface area contributed by atoms with Gasteiger partial charge in [-0.2, -0.15) is 5.10 Å². The number of fused-ring (bicyclic) bond motifs is 1. The predicted molar refractivity (Wildman–Crippen MR) is 52.7 cm³/mol. The van der Waals surface area contributed by atoms with Crippen molar-refractivity contribution in [1.29, 1.82) is 0 Å². The maximum atomic E-state index is 10.8. The molecule has 0 bridgehead atoms. The molecule has 0 amide bonds. The van der Waals surface area contributed by atoms with Crippen LogP contribution in [0.25, 0.3) is 10.9 Å². The van der Waals surface area contributed by atoms with Gasteiger partial charge in [-0.25, -0.2) is 4.79 Å². The number of hydrogen-bond donors (Lipinski definition) is 1. The van der Waals surface area contributed by atoms with Crippen molar-refractivity contribution in [2.24, 2.45) is 7.05 Å². The van der Waals surface area contributed by atoms with Gasteiger partial charge in [0.15, 0.2) is 5.69 Å². The average molecular weight is 211 g/mol. The van der Waals surface area contributed by atoms with Gasteiger partial charge in [0, 0.05) is 7.05 Å². The average Bonchev–Trinajstić information content (AvgIpc) is 2.46. The first-order valence-corrected chi connectivity index (χ1v) is 4.33. The van der Waals surface area contributed by atoms with Gasteiger partial charge in [-0.05, 0) is 12.1 Å². The minimum atomic E-state index is -1.07. The second-order valence-corrected chi connectivity index (χ2v) is 3.32. The molecule has 1 heterocycles. The van der Waals surface area contributed by atoms with E-state index >= 15 is 0 Å². The van der Waals surface area contributed by atoms with Crippen LogP contribution in [0.3, 0.4) is 0 Å². The fourth-order valence-corrected chi connectivity index (χ4v) is 1.68. The second kappa shape index (κ2) is 2.99. The van der Waals surface area contributed by atoms with Crippen LogP contribution in [0.15, 0.2) is 18.2 Å². The van der Waals surface area contributed by atoms with E-state index in [0.29, 0.717) is 10.4 Å². The molecule has 0 fully saturated rings. The zero-order chi connectivity index (χ0) is 10.3. The lowest BCUT2D eigenvalue weighted by atomic mass is 10.2. The summed E-state index contributed by atoms with van der Waals surface area (Å²) >= 11 is 5.90. The lowest BCUT2D eigenvalue weighted by Gasteiger charge is -1.94. The zero-order valence-electron chi connectivity index (χ0n) is 7.36. The van der Waals surface area contributed by atoms with Crippen molar-refractivity contribution in [3.8, 4) is 0 Å². The summed E-state index contributed by atoms with van der Waals surface area (Å²) in [5.41, 5.74) is 0.711. The van der Waals surface area contributed by atoms with Gasteiger partial charge in [-0.1, -0.05) is 17.7 Å². The van der Waals surface area contributed by atoms with Crippen LogP contribution in [0.2, 0.25) is 5.02 Å². The van der Waals surface area contributed by atoms with Crippen LogP contribution in [0.4, 0.5) is 0 Å². The minimum absolute atomic E-state index is 0.00639. The minimum Gasteiger partial charge on any atom is -0.476 e. The number of aryl methyl sites for hydroxylation is 1. The van der Waals surface area contributed by atoms with Crippen LogP contribution < -0.4 is 0 Å². The van der Waals surface area contributed by atoms with Gasteiger partial charge in [0.2, 0.25) is 0 Å². The third-order valence-corrected chi connectivity index (χ3v) is 2.34. The first-order valence-electron chi connectivity index (χ1n) is 3.96. The molecule has 4 nitrogen and oxygen atoms in total. The Morgan fingerprint density at radius 1 is 1.57 bits per heavy atom. The molecule has 0 aliphatic carbocycles. The highest BCUT2D eigenvalue weighted by molar-refractivity contribution is 6.36. The first-order chi connectivity index (χ1) is 6.61. The lowest BCUT2D eigenvalue weighted by Crippen LogP contribution is -1.99. The number of carbonyl (C=O) groups is 1. The Bertz CT molecular complexity index is 519. The summed E-state index contributed by atoms with van der Waals surface area (Å²) in [5, 5.41) is 13.7. The largest absolute Gasteiger partial charge is 0.476 e. The number of aromatic nitrogens is 2. The number of rotatable bonds is 1. The van der Waals surface area contributed by atoms with Crippen LogP contribution in [-0.2, 0) is 7.05 Å². The lowest BCUT2D eigenvalue weighted by molar-refractivity contribution is 0.0691. The van der Waals surface area contributed by atoms with Crippen LogP contribution in [-0.4, -0.2) is 20.9 Å². The summed E-state index contributed by atoms with van der Waals surface area (Å²) in [6, 6.07) is 5.19. The summed E-state index contributed by atoms with van der Waals surface area (Å²) in [4.78, 5) is 10.8. The fraction of sp³-hybridized carbons (Fsp3) is 0.111. The molecule has 0 aliphatic heterocycles. The summed E-state index contributed by atoms with van der Waals surface area (Å²) in [5.74, 6) is -1.07. The van der Waals surface area contributed by atoms with Crippen molar-refractivity contribution >= 4 is 28.5 Å². The van der Waals surface area contributed by atoms with Gasteiger partial charge in [-0.15, -0.1) is 0 Å².